The van der Waals surface area contributed by atoms with Crippen molar-refractivity contribution in [2.24, 2.45) is 5.73 Å². The van der Waals surface area contributed by atoms with Crippen molar-refractivity contribution in [3.8, 4) is 11.5 Å². The van der Waals surface area contributed by atoms with Crippen LogP contribution in [0.1, 0.15) is 18.4 Å². The summed E-state index contributed by atoms with van der Waals surface area (Å²) in [5.41, 5.74) is 6.30. The minimum absolute atomic E-state index is 0.338. The van der Waals surface area contributed by atoms with Gasteiger partial charge in [-0.25, -0.2) is 0 Å². The van der Waals surface area contributed by atoms with E-state index in [2.05, 4.69) is 21.7 Å². The second-order valence-electron chi connectivity index (χ2n) is 3.42. The molecule has 0 radical (unpaired) electrons. The molecule has 17 heavy (non-hydrogen) atoms. The van der Waals surface area contributed by atoms with E-state index in [1.165, 1.54) is 0 Å². The van der Waals surface area contributed by atoms with Gasteiger partial charge in [0.2, 0.25) is 11.7 Å². The third kappa shape index (κ3) is 2.51. The van der Waals surface area contributed by atoms with E-state index in [9.17, 15) is 0 Å². The molecular formula is C11H11ClN4O. The lowest BCUT2D eigenvalue weighted by Crippen LogP contribution is -2.09. The fourth-order valence-corrected chi connectivity index (χ4v) is 1.52. The largest absolute Gasteiger partial charge is 0.337 e. The van der Waals surface area contributed by atoms with Gasteiger partial charge in [0.25, 0.3) is 0 Å². The minimum Gasteiger partial charge on any atom is -0.337 e. The molecule has 88 valence electrons. The zero-order valence-electron chi connectivity index (χ0n) is 9.01. The van der Waals surface area contributed by atoms with Gasteiger partial charge in [0.05, 0.1) is 11.1 Å². The van der Waals surface area contributed by atoms with Crippen LogP contribution in [-0.2, 0) is 0 Å². The van der Waals surface area contributed by atoms with Crippen LogP contribution >= 0.6 is 11.6 Å². The summed E-state index contributed by atoms with van der Waals surface area (Å²) in [6, 6.07) is 3.09. The minimum atomic E-state index is -0.351. The van der Waals surface area contributed by atoms with Gasteiger partial charge in [-0.15, -0.1) is 6.58 Å². The van der Waals surface area contributed by atoms with E-state index in [4.69, 9.17) is 21.9 Å². The molecule has 1 atom stereocenters. The Hall–Kier alpha value is -1.72. The molecule has 0 aliphatic rings. The van der Waals surface area contributed by atoms with E-state index in [-0.39, 0.29) is 6.04 Å². The summed E-state index contributed by atoms with van der Waals surface area (Å²) < 4.78 is 5.06. The van der Waals surface area contributed by atoms with Crippen molar-refractivity contribution in [1.82, 2.24) is 15.1 Å². The lowest BCUT2D eigenvalue weighted by molar-refractivity contribution is 0.355. The van der Waals surface area contributed by atoms with Crippen LogP contribution in [-0.4, -0.2) is 15.1 Å². The standard InChI is InChI=1S/C11H11ClN4O/c1-2-4-8(13)11-15-10(16-17-11)9-7(12)5-3-6-14-9/h2-3,5-6,8H,1,4,13H2. The van der Waals surface area contributed by atoms with Crippen LogP contribution in [0.15, 0.2) is 35.5 Å². The van der Waals surface area contributed by atoms with Crippen molar-refractivity contribution in [2.75, 3.05) is 0 Å². The zero-order valence-corrected chi connectivity index (χ0v) is 9.76. The molecule has 0 aromatic carbocycles. The monoisotopic (exact) mass is 250 g/mol. The van der Waals surface area contributed by atoms with Crippen molar-refractivity contribution in [2.45, 2.75) is 12.5 Å². The summed E-state index contributed by atoms with van der Waals surface area (Å²) >= 11 is 5.98. The predicted molar refractivity (Wildman–Crippen MR) is 64.3 cm³/mol. The lowest BCUT2D eigenvalue weighted by atomic mass is 10.2. The topological polar surface area (TPSA) is 77.8 Å². The lowest BCUT2D eigenvalue weighted by Gasteiger charge is -2.00. The van der Waals surface area contributed by atoms with E-state index in [0.29, 0.717) is 28.9 Å². The number of nitrogens with two attached hydrogens (primary N) is 1. The second kappa shape index (κ2) is 5.07. The van der Waals surface area contributed by atoms with Gasteiger partial charge < -0.3 is 10.3 Å². The number of halogens is 1. The van der Waals surface area contributed by atoms with Gasteiger partial charge in [-0.05, 0) is 18.6 Å². The Balaban J connectivity index is 2.30. The molecular weight excluding hydrogens is 240 g/mol. The van der Waals surface area contributed by atoms with Crippen LogP contribution in [0.4, 0.5) is 0 Å². The van der Waals surface area contributed by atoms with Crippen LogP contribution in [0.5, 0.6) is 0 Å². The smallest absolute Gasteiger partial charge is 0.244 e. The molecule has 0 aliphatic carbocycles. The molecule has 5 nitrogen and oxygen atoms in total. The average Bonchev–Trinajstić information content (AvgIpc) is 2.79. The highest BCUT2D eigenvalue weighted by molar-refractivity contribution is 6.32. The van der Waals surface area contributed by atoms with E-state index >= 15 is 0 Å². The molecule has 0 aliphatic heterocycles. The van der Waals surface area contributed by atoms with Gasteiger partial charge in [0.1, 0.15) is 5.69 Å². The maximum Gasteiger partial charge on any atom is 0.244 e. The summed E-state index contributed by atoms with van der Waals surface area (Å²) in [5, 5.41) is 4.27. The Morgan fingerprint density at radius 2 is 2.41 bits per heavy atom. The Morgan fingerprint density at radius 3 is 3.12 bits per heavy atom. The van der Waals surface area contributed by atoms with Crippen LogP contribution in [0.25, 0.3) is 11.5 Å². The zero-order chi connectivity index (χ0) is 12.3. The molecule has 0 amide bonds. The Bertz CT molecular complexity index is 526. The fraction of sp³-hybridized carbons (Fsp3) is 0.182. The van der Waals surface area contributed by atoms with Crippen LogP contribution in [0, 0.1) is 0 Å². The third-order valence-corrected chi connectivity index (χ3v) is 2.45. The summed E-state index contributed by atoms with van der Waals surface area (Å²) in [5.74, 6) is 0.687. The summed E-state index contributed by atoms with van der Waals surface area (Å²) in [6.45, 7) is 3.60. The molecule has 0 saturated heterocycles. The average molecular weight is 251 g/mol. The molecule has 2 N–H and O–H groups in total. The number of pyridine rings is 1. The molecule has 0 saturated carbocycles. The van der Waals surface area contributed by atoms with Gasteiger partial charge in [-0.3, -0.25) is 4.98 Å². The predicted octanol–water partition coefficient (Wildman–Crippen LogP) is 2.36. The van der Waals surface area contributed by atoms with Gasteiger partial charge in [0, 0.05) is 6.20 Å². The first-order valence-corrected chi connectivity index (χ1v) is 5.41. The van der Waals surface area contributed by atoms with Crippen molar-refractivity contribution in [3.05, 3.63) is 41.9 Å². The van der Waals surface area contributed by atoms with E-state index in [0.717, 1.165) is 0 Å². The van der Waals surface area contributed by atoms with Crippen molar-refractivity contribution in [3.63, 3.8) is 0 Å². The van der Waals surface area contributed by atoms with Gasteiger partial charge in [-0.1, -0.05) is 22.8 Å². The Labute approximate surface area is 103 Å². The number of hydrogen-bond donors (Lipinski definition) is 1. The fourth-order valence-electron chi connectivity index (χ4n) is 1.31. The molecule has 2 aromatic rings. The first kappa shape index (κ1) is 11.8. The highest BCUT2D eigenvalue weighted by atomic mass is 35.5. The first-order valence-electron chi connectivity index (χ1n) is 5.03. The Morgan fingerprint density at radius 1 is 1.59 bits per heavy atom. The summed E-state index contributed by atoms with van der Waals surface area (Å²) in [7, 11) is 0. The number of rotatable bonds is 4. The molecule has 1 unspecified atom stereocenters. The molecule has 2 rings (SSSR count). The molecule has 2 heterocycles. The Kier molecular flexibility index (Phi) is 3.51. The van der Waals surface area contributed by atoms with Gasteiger partial charge in [0.15, 0.2) is 0 Å². The highest BCUT2D eigenvalue weighted by Crippen LogP contribution is 2.23. The molecule has 0 bridgehead atoms. The van der Waals surface area contributed by atoms with Gasteiger partial charge in [-0.2, -0.15) is 4.98 Å². The van der Waals surface area contributed by atoms with E-state index < -0.39 is 0 Å². The molecule has 0 spiro atoms. The van der Waals surface area contributed by atoms with E-state index in [1.54, 1.807) is 24.4 Å². The number of hydrogen-bond acceptors (Lipinski definition) is 5. The van der Waals surface area contributed by atoms with E-state index in [1.807, 2.05) is 0 Å². The molecule has 2 aromatic heterocycles. The second-order valence-corrected chi connectivity index (χ2v) is 3.83. The quantitative estimate of drug-likeness (QED) is 0.843. The van der Waals surface area contributed by atoms with Crippen LogP contribution < -0.4 is 5.73 Å². The first-order chi connectivity index (χ1) is 8.22. The van der Waals surface area contributed by atoms with Crippen molar-refractivity contribution >= 4 is 11.6 Å². The molecule has 6 heteroatoms. The van der Waals surface area contributed by atoms with Crippen molar-refractivity contribution < 1.29 is 4.52 Å². The summed E-state index contributed by atoms with van der Waals surface area (Å²) in [4.78, 5) is 8.25. The molecule has 0 fully saturated rings. The maximum absolute atomic E-state index is 5.98. The van der Waals surface area contributed by atoms with Crippen LogP contribution in [0.3, 0.4) is 0 Å². The van der Waals surface area contributed by atoms with Gasteiger partial charge >= 0.3 is 0 Å². The highest BCUT2D eigenvalue weighted by Gasteiger charge is 2.16. The maximum atomic E-state index is 5.98. The third-order valence-electron chi connectivity index (χ3n) is 2.15. The number of nitrogens with zero attached hydrogens (tertiary/aromatic N) is 3. The van der Waals surface area contributed by atoms with Crippen molar-refractivity contribution in [1.29, 1.82) is 0 Å². The number of aromatic nitrogens is 3. The van der Waals surface area contributed by atoms with Crippen LogP contribution in [0.2, 0.25) is 5.02 Å². The summed E-state index contributed by atoms with van der Waals surface area (Å²) in [6.07, 6.45) is 3.88. The normalized spacial score (nSPS) is 12.4. The SMILES string of the molecule is C=CCC(N)c1nc(-c2ncccc2Cl)no1.